The number of ether oxygens (including phenoxy) is 2. The maximum Gasteiger partial charge on any atom is 0.391 e. The first-order chi connectivity index (χ1) is 13.2. The monoisotopic (exact) mass is 401 g/mol. The zero-order valence-electron chi connectivity index (χ0n) is 16.6. The molecule has 4 nitrogen and oxygen atoms in total. The highest BCUT2D eigenvalue weighted by atomic mass is 19.4. The van der Waals surface area contributed by atoms with Crippen LogP contribution in [0.4, 0.5) is 13.2 Å². The molecule has 4 aliphatic rings. The van der Waals surface area contributed by atoms with E-state index in [0.29, 0.717) is 19.6 Å². The number of likely N-dealkylation sites (tertiary alicyclic amines) is 1. The van der Waals surface area contributed by atoms with Crippen molar-refractivity contribution in [2.24, 2.45) is 17.8 Å². The first-order valence-electron chi connectivity index (χ1n) is 10.5. The molecule has 0 unspecified atom stereocenters. The van der Waals surface area contributed by atoms with Gasteiger partial charge in [0.2, 0.25) is 0 Å². The smallest absolute Gasteiger partial charge is 0.391 e. The summed E-state index contributed by atoms with van der Waals surface area (Å²) in [6, 6.07) is 0. The van der Waals surface area contributed by atoms with Crippen molar-refractivity contribution in [3.63, 3.8) is 0 Å². The fourth-order valence-corrected chi connectivity index (χ4v) is 5.27. The highest BCUT2D eigenvalue weighted by molar-refractivity contribution is 5.75. The lowest BCUT2D eigenvalue weighted by molar-refractivity contribution is -0.185. The maximum absolute atomic E-state index is 12.9. The quantitative estimate of drug-likeness (QED) is 0.397. The van der Waals surface area contributed by atoms with Gasteiger partial charge < -0.3 is 14.4 Å². The normalized spacial score (nSPS) is 40.3. The van der Waals surface area contributed by atoms with Crippen LogP contribution in [-0.4, -0.2) is 54.5 Å². The lowest BCUT2D eigenvalue weighted by Gasteiger charge is -2.34. The molecule has 0 aromatic heterocycles. The van der Waals surface area contributed by atoms with Gasteiger partial charge in [-0.25, -0.2) is 0 Å². The first-order valence-corrected chi connectivity index (χ1v) is 10.5. The topological polar surface area (TPSA) is 42.1 Å². The van der Waals surface area contributed by atoms with Crippen molar-refractivity contribution in [3.8, 4) is 0 Å². The van der Waals surface area contributed by atoms with E-state index in [9.17, 15) is 18.0 Å². The minimum Gasteiger partial charge on any atom is -0.459 e. The van der Waals surface area contributed by atoms with Crippen LogP contribution in [0.3, 0.4) is 0 Å². The van der Waals surface area contributed by atoms with E-state index >= 15 is 0 Å². The Morgan fingerprint density at radius 3 is 2.64 bits per heavy atom. The highest BCUT2D eigenvalue weighted by Gasteiger charge is 2.62. The summed E-state index contributed by atoms with van der Waals surface area (Å²) in [5.41, 5.74) is 1.10. The molecule has 3 saturated heterocycles. The van der Waals surface area contributed by atoms with E-state index in [1.54, 1.807) is 0 Å². The second-order valence-corrected chi connectivity index (χ2v) is 9.27. The predicted molar refractivity (Wildman–Crippen MR) is 97.6 cm³/mol. The third kappa shape index (κ3) is 3.97. The molecular formula is C21H30F3NO3. The number of alkyl halides is 3. The van der Waals surface area contributed by atoms with Crippen molar-refractivity contribution in [1.29, 1.82) is 0 Å². The molecule has 0 bridgehead atoms. The number of fused-ring (bicyclic) bond motifs is 3. The van der Waals surface area contributed by atoms with E-state index in [-0.39, 0.29) is 48.5 Å². The molecule has 5 atom stereocenters. The number of nitrogens with zero attached hydrogens (tertiary/aromatic N) is 1. The minimum absolute atomic E-state index is 0.0470. The third-order valence-corrected chi connectivity index (χ3v) is 7.24. The molecule has 0 amide bonds. The van der Waals surface area contributed by atoms with Gasteiger partial charge in [0, 0.05) is 12.5 Å². The Bertz CT molecular complexity index is 641. The van der Waals surface area contributed by atoms with Gasteiger partial charge in [0.25, 0.3) is 0 Å². The summed E-state index contributed by atoms with van der Waals surface area (Å²) in [4.78, 5) is 14.7. The zero-order chi connectivity index (χ0) is 20.1. The predicted octanol–water partition coefficient (Wildman–Crippen LogP) is 4.10. The van der Waals surface area contributed by atoms with Crippen molar-refractivity contribution in [2.75, 3.05) is 19.6 Å². The standard InChI is InChI=1S/C21H30F3NO3/c1-13-4-3-9-20(2)18(28-20)17-15(6-5-13)16(19(26)27-17)12-25-10-7-14(8-11-25)21(22,23)24/h4,14-18H,3,5-12H2,1-2H3/t15-,16-,17-,18-,20+/m0/s1. The molecule has 0 spiro atoms. The van der Waals surface area contributed by atoms with E-state index in [1.165, 1.54) is 5.57 Å². The van der Waals surface area contributed by atoms with Crippen molar-refractivity contribution in [3.05, 3.63) is 11.6 Å². The lowest BCUT2D eigenvalue weighted by atomic mass is 9.80. The van der Waals surface area contributed by atoms with Crippen LogP contribution >= 0.6 is 0 Å². The summed E-state index contributed by atoms with van der Waals surface area (Å²) >= 11 is 0. The Hall–Kier alpha value is -1.08. The van der Waals surface area contributed by atoms with Crippen molar-refractivity contribution in [1.82, 2.24) is 4.90 Å². The van der Waals surface area contributed by atoms with E-state index < -0.39 is 12.1 Å². The second kappa shape index (κ2) is 7.31. The number of epoxide rings is 1. The molecule has 3 heterocycles. The summed E-state index contributed by atoms with van der Waals surface area (Å²) in [5.74, 6) is -1.62. The molecular weight excluding hydrogens is 371 g/mol. The van der Waals surface area contributed by atoms with Gasteiger partial charge in [-0.1, -0.05) is 11.6 Å². The zero-order valence-corrected chi connectivity index (χ0v) is 16.6. The fourth-order valence-electron chi connectivity index (χ4n) is 5.27. The molecule has 0 N–H and O–H groups in total. The third-order valence-electron chi connectivity index (χ3n) is 7.24. The van der Waals surface area contributed by atoms with Crippen LogP contribution in [0.15, 0.2) is 11.6 Å². The van der Waals surface area contributed by atoms with Gasteiger partial charge in [0.1, 0.15) is 12.2 Å². The lowest BCUT2D eigenvalue weighted by Crippen LogP contribution is -2.43. The number of allylic oxidation sites excluding steroid dienone is 2. The summed E-state index contributed by atoms with van der Waals surface area (Å²) < 4.78 is 50.5. The van der Waals surface area contributed by atoms with Crippen LogP contribution in [0.25, 0.3) is 0 Å². The first kappa shape index (κ1) is 20.2. The molecule has 1 aliphatic carbocycles. The SMILES string of the molecule is CC1=CCC[C@@]2(C)O[C@H]2[C@H]2OC(=O)[C@@H](CN3CCC(C(F)(F)F)CC3)[C@@H]2CC1. The Kier molecular flexibility index (Phi) is 5.28. The average Bonchev–Trinajstić information content (AvgIpc) is 3.20. The molecule has 0 aromatic rings. The molecule has 7 heteroatoms. The Morgan fingerprint density at radius 1 is 1.25 bits per heavy atom. The van der Waals surface area contributed by atoms with Gasteiger partial charge in [-0.05, 0) is 65.5 Å². The van der Waals surface area contributed by atoms with Gasteiger partial charge >= 0.3 is 12.1 Å². The molecule has 0 saturated carbocycles. The van der Waals surface area contributed by atoms with Crippen LogP contribution in [0, 0.1) is 17.8 Å². The summed E-state index contributed by atoms with van der Waals surface area (Å²) in [7, 11) is 0. The molecule has 3 aliphatic heterocycles. The number of rotatable bonds is 2. The van der Waals surface area contributed by atoms with Gasteiger partial charge in [-0.3, -0.25) is 4.79 Å². The van der Waals surface area contributed by atoms with Crippen LogP contribution < -0.4 is 0 Å². The van der Waals surface area contributed by atoms with Gasteiger partial charge in [-0.2, -0.15) is 13.2 Å². The molecule has 158 valence electrons. The van der Waals surface area contributed by atoms with Crippen LogP contribution in [0.2, 0.25) is 0 Å². The van der Waals surface area contributed by atoms with E-state index in [0.717, 1.165) is 25.7 Å². The minimum atomic E-state index is -4.11. The fraction of sp³-hybridized carbons (Fsp3) is 0.857. The number of halogens is 3. The van der Waals surface area contributed by atoms with E-state index in [1.807, 2.05) is 4.90 Å². The Balaban J connectivity index is 1.44. The van der Waals surface area contributed by atoms with Crippen molar-refractivity contribution in [2.45, 2.75) is 76.4 Å². The number of hydrogen-bond donors (Lipinski definition) is 0. The van der Waals surface area contributed by atoms with Crippen LogP contribution in [0.5, 0.6) is 0 Å². The average molecular weight is 401 g/mol. The number of carbonyl (C=O) groups is 1. The van der Waals surface area contributed by atoms with Crippen molar-refractivity contribution < 1.29 is 27.4 Å². The number of hydrogen-bond acceptors (Lipinski definition) is 4. The van der Waals surface area contributed by atoms with Crippen molar-refractivity contribution >= 4 is 5.97 Å². The molecule has 4 rings (SSSR count). The second-order valence-electron chi connectivity index (χ2n) is 9.27. The maximum atomic E-state index is 12.9. The largest absolute Gasteiger partial charge is 0.459 e. The van der Waals surface area contributed by atoms with Gasteiger partial charge in [0.05, 0.1) is 17.4 Å². The molecule has 0 aromatic carbocycles. The molecule has 28 heavy (non-hydrogen) atoms. The Morgan fingerprint density at radius 2 is 1.96 bits per heavy atom. The van der Waals surface area contributed by atoms with E-state index in [2.05, 4.69) is 19.9 Å². The van der Waals surface area contributed by atoms with Crippen LogP contribution in [-0.2, 0) is 14.3 Å². The van der Waals surface area contributed by atoms with Gasteiger partial charge in [0.15, 0.2) is 0 Å². The number of esters is 1. The highest BCUT2D eigenvalue weighted by Crippen LogP contribution is 2.50. The van der Waals surface area contributed by atoms with Crippen LogP contribution in [0.1, 0.15) is 52.4 Å². The number of piperidine rings is 1. The molecule has 0 radical (unpaired) electrons. The summed E-state index contributed by atoms with van der Waals surface area (Å²) in [6.07, 6.45) is 1.79. The summed E-state index contributed by atoms with van der Waals surface area (Å²) in [5, 5.41) is 0. The summed E-state index contributed by atoms with van der Waals surface area (Å²) in [6.45, 7) is 5.49. The van der Waals surface area contributed by atoms with Gasteiger partial charge in [-0.15, -0.1) is 0 Å². The Labute approximate surface area is 164 Å². The molecule has 3 fully saturated rings. The number of carbonyl (C=O) groups excluding carboxylic acids is 1. The van der Waals surface area contributed by atoms with E-state index in [4.69, 9.17) is 9.47 Å².